The Kier molecular flexibility index (Phi) is 2.57. The van der Waals surface area contributed by atoms with E-state index in [1.165, 1.54) is 5.56 Å². The molecule has 1 aromatic rings. The zero-order valence-corrected chi connectivity index (χ0v) is 8.32. The van der Waals surface area contributed by atoms with Gasteiger partial charge < -0.3 is 10.8 Å². The van der Waals surface area contributed by atoms with Crippen LogP contribution in [0.25, 0.3) is 0 Å². The summed E-state index contributed by atoms with van der Waals surface area (Å²) >= 11 is 0. The number of aliphatic hydroxyl groups is 1. The van der Waals surface area contributed by atoms with E-state index in [1.54, 1.807) is 0 Å². The number of nitrogens with two attached hydrogens (primary N) is 1. The molecule has 0 heterocycles. The van der Waals surface area contributed by atoms with Crippen molar-refractivity contribution < 1.29 is 5.11 Å². The number of benzene rings is 1. The average molecular weight is 191 g/mol. The summed E-state index contributed by atoms with van der Waals surface area (Å²) in [5.41, 5.74) is 6.15. The van der Waals surface area contributed by atoms with Crippen LogP contribution in [0.1, 0.15) is 18.4 Å². The van der Waals surface area contributed by atoms with Gasteiger partial charge in [-0.05, 0) is 24.3 Å². The summed E-state index contributed by atoms with van der Waals surface area (Å²) in [5.74, 6) is 0.424. The van der Waals surface area contributed by atoms with Crippen molar-refractivity contribution in [3.05, 3.63) is 35.9 Å². The lowest BCUT2D eigenvalue weighted by molar-refractivity contribution is 0.0267. The first-order valence-electron chi connectivity index (χ1n) is 5.21. The van der Waals surface area contributed by atoms with E-state index in [-0.39, 0.29) is 0 Å². The molecule has 0 spiro atoms. The quantitative estimate of drug-likeness (QED) is 0.754. The van der Waals surface area contributed by atoms with Gasteiger partial charge in [-0.15, -0.1) is 0 Å². The molecule has 1 saturated carbocycles. The molecule has 2 rings (SSSR count). The lowest BCUT2D eigenvalue weighted by atomic mass is 9.90. The summed E-state index contributed by atoms with van der Waals surface area (Å²) in [6.07, 6.45) is 2.94. The van der Waals surface area contributed by atoms with Gasteiger partial charge in [0.2, 0.25) is 0 Å². The molecule has 0 aromatic heterocycles. The Morgan fingerprint density at radius 3 is 2.43 bits per heavy atom. The van der Waals surface area contributed by atoms with Crippen LogP contribution < -0.4 is 5.73 Å². The fraction of sp³-hybridized carbons (Fsp3) is 0.500. The second-order valence-electron chi connectivity index (χ2n) is 4.24. The Morgan fingerprint density at radius 2 is 1.93 bits per heavy atom. The lowest BCUT2D eigenvalue weighted by Gasteiger charge is -2.26. The van der Waals surface area contributed by atoms with Crippen LogP contribution in [0.2, 0.25) is 0 Å². The molecule has 1 fully saturated rings. The largest absolute Gasteiger partial charge is 0.388 e. The summed E-state index contributed by atoms with van der Waals surface area (Å²) in [7, 11) is 0. The maximum absolute atomic E-state index is 10.3. The van der Waals surface area contributed by atoms with Crippen molar-refractivity contribution in [2.45, 2.75) is 24.9 Å². The molecule has 3 N–H and O–H groups in total. The molecule has 14 heavy (non-hydrogen) atoms. The van der Waals surface area contributed by atoms with Crippen molar-refractivity contribution in [1.82, 2.24) is 0 Å². The standard InChI is InChI=1S/C12H17NO/c13-9-12(14,11-6-7-11)8-10-4-2-1-3-5-10/h1-5,11,14H,6-9,13H2. The van der Waals surface area contributed by atoms with Crippen LogP contribution >= 0.6 is 0 Å². The predicted octanol–water partition coefficient (Wildman–Crippen LogP) is 1.33. The van der Waals surface area contributed by atoms with E-state index in [0.29, 0.717) is 18.9 Å². The molecule has 2 heteroatoms. The SMILES string of the molecule is NCC(O)(Cc1ccccc1)C1CC1. The first-order chi connectivity index (χ1) is 6.74. The van der Waals surface area contributed by atoms with Crippen molar-refractivity contribution in [2.75, 3.05) is 6.54 Å². The molecule has 1 aliphatic rings. The molecule has 0 amide bonds. The van der Waals surface area contributed by atoms with E-state index < -0.39 is 5.60 Å². The Bertz CT molecular complexity index is 294. The summed E-state index contributed by atoms with van der Waals surface area (Å²) in [6.45, 7) is 0.368. The van der Waals surface area contributed by atoms with Gasteiger partial charge >= 0.3 is 0 Å². The van der Waals surface area contributed by atoms with Gasteiger partial charge in [-0.1, -0.05) is 30.3 Å². The molecule has 0 bridgehead atoms. The van der Waals surface area contributed by atoms with Gasteiger partial charge in [-0.25, -0.2) is 0 Å². The monoisotopic (exact) mass is 191 g/mol. The van der Waals surface area contributed by atoms with Gasteiger partial charge in [-0.3, -0.25) is 0 Å². The molecule has 1 atom stereocenters. The van der Waals surface area contributed by atoms with Crippen LogP contribution in [-0.4, -0.2) is 17.3 Å². The van der Waals surface area contributed by atoms with Crippen LogP contribution in [0, 0.1) is 5.92 Å². The van der Waals surface area contributed by atoms with Crippen molar-refractivity contribution in [1.29, 1.82) is 0 Å². The fourth-order valence-electron chi connectivity index (χ4n) is 1.95. The molecular weight excluding hydrogens is 174 g/mol. The van der Waals surface area contributed by atoms with Crippen LogP contribution in [-0.2, 0) is 6.42 Å². The summed E-state index contributed by atoms with van der Waals surface area (Å²) in [4.78, 5) is 0. The molecule has 2 nitrogen and oxygen atoms in total. The van der Waals surface area contributed by atoms with E-state index in [1.807, 2.05) is 30.3 Å². The van der Waals surface area contributed by atoms with E-state index in [0.717, 1.165) is 12.8 Å². The van der Waals surface area contributed by atoms with Gasteiger partial charge in [0.05, 0.1) is 5.60 Å². The minimum atomic E-state index is -0.665. The smallest absolute Gasteiger partial charge is 0.0837 e. The first-order valence-corrected chi connectivity index (χ1v) is 5.21. The summed E-state index contributed by atoms with van der Waals surface area (Å²) in [6, 6.07) is 10.1. The lowest BCUT2D eigenvalue weighted by Crippen LogP contribution is -2.42. The minimum absolute atomic E-state index is 0.368. The van der Waals surface area contributed by atoms with E-state index in [4.69, 9.17) is 5.73 Å². The number of hydrogen-bond donors (Lipinski definition) is 2. The van der Waals surface area contributed by atoms with Crippen molar-refractivity contribution >= 4 is 0 Å². The number of rotatable bonds is 4. The van der Waals surface area contributed by atoms with Gasteiger partial charge in [0.25, 0.3) is 0 Å². The molecule has 1 aromatic carbocycles. The second-order valence-corrected chi connectivity index (χ2v) is 4.24. The van der Waals surface area contributed by atoms with Crippen molar-refractivity contribution in [3.63, 3.8) is 0 Å². The van der Waals surface area contributed by atoms with Crippen LogP contribution in [0.5, 0.6) is 0 Å². The molecule has 0 radical (unpaired) electrons. The zero-order chi connectivity index (χ0) is 10.0. The Morgan fingerprint density at radius 1 is 1.29 bits per heavy atom. The van der Waals surface area contributed by atoms with E-state index in [2.05, 4.69) is 0 Å². The fourth-order valence-corrected chi connectivity index (χ4v) is 1.95. The van der Waals surface area contributed by atoms with Crippen LogP contribution in [0.15, 0.2) is 30.3 Å². The summed E-state index contributed by atoms with van der Waals surface area (Å²) in [5, 5.41) is 10.3. The Labute approximate surface area is 84.7 Å². The highest BCUT2D eigenvalue weighted by Gasteiger charge is 2.42. The van der Waals surface area contributed by atoms with Gasteiger partial charge in [0, 0.05) is 13.0 Å². The highest BCUT2D eigenvalue weighted by Crippen LogP contribution is 2.40. The first kappa shape index (κ1) is 9.69. The van der Waals surface area contributed by atoms with Gasteiger partial charge in [-0.2, -0.15) is 0 Å². The average Bonchev–Trinajstić information content (AvgIpc) is 3.03. The normalized spacial score (nSPS) is 20.4. The number of hydrogen-bond acceptors (Lipinski definition) is 2. The maximum atomic E-state index is 10.3. The van der Waals surface area contributed by atoms with E-state index in [9.17, 15) is 5.11 Å². The Hall–Kier alpha value is -0.860. The zero-order valence-electron chi connectivity index (χ0n) is 8.32. The third kappa shape index (κ3) is 1.97. The molecule has 1 aliphatic carbocycles. The summed E-state index contributed by atoms with van der Waals surface area (Å²) < 4.78 is 0. The molecule has 1 unspecified atom stereocenters. The third-order valence-electron chi connectivity index (χ3n) is 3.04. The molecular formula is C12H17NO. The second kappa shape index (κ2) is 3.71. The highest BCUT2D eigenvalue weighted by atomic mass is 16.3. The highest BCUT2D eigenvalue weighted by molar-refractivity contribution is 5.18. The third-order valence-corrected chi connectivity index (χ3v) is 3.04. The van der Waals surface area contributed by atoms with Crippen molar-refractivity contribution in [2.24, 2.45) is 11.7 Å². The van der Waals surface area contributed by atoms with Crippen LogP contribution in [0.4, 0.5) is 0 Å². The van der Waals surface area contributed by atoms with Gasteiger partial charge in [0.15, 0.2) is 0 Å². The van der Waals surface area contributed by atoms with Crippen LogP contribution in [0.3, 0.4) is 0 Å². The maximum Gasteiger partial charge on any atom is 0.0837 e. The minimum Gasteiger partial charge on any atom is -0.388 e. The van der Waals surface area contributed by atoms with Gasteiger partial charge in [0.1, 0.15) is 0 Å². The molecule has 0 aliphatic heterocycles. The van der Waals surface area contributed by atoms with E-state index >= 15 is 0 Å². The molecule has 0 saturated heterocycles. The Balaban J connectivity index is 2.08. The van der Waals surface area contributed by atoms with Crippen molar-refractivity contribution in [3.8, 4) is 0 Å². The molecule has 76 valence electrons. The topological polar surface area (TPSA) is 46.2 Å². The predicted molar refractivity (Wildman–Crippen MR) is 56.9 cm³/mol.